The maximum Gasteiger partial charge on any atom is 0.323 e. The summed E-state index contributed by atoms with van der Waals surface area (Å²) in [6.07, 6.45) is 2.83. The van der Waals surface area contributed by atoms with Crippen molar-refractivity contribution in [3.8, 4) is 0 Å². The monoisotopic (exact) mass is 266 g/mol. The summed E-state index contributed by atoms with van der Waals surface area (Å²) in [4.78, 5) is 24.4. The van der Waals surface area contributed by atoms with Crippen molar-refractivity contribution in [2.24, 2.45) is 0 Å². The van der Waals surface area contributed by atoms with Gasteiger partial charge in [0.2, 0.25) is 5.76 Å². The largest absolute Gasteiger partial charge is 0.480 e. The summed E-state index contributed by atoms with van der Waals surface area (Å²) in [7, 11) is 0. The summed E-state index contributed by atoms with van der Waals surface area (Å²) in [6.45, 7) is 3.40. The molecule has 1 fully saturated rings. The van der Waals surface area contributed by atoms with Gasteiger partial charge in [-0.15, -0.1) is 0 Å². The third kappa shape index (κ3) is 3.13. The van der Waals surface area contributed by atoms with Crippen LogP contribution in [0.15, 0.2) is 10.6 Å². The van der Waals surface area contributed by atoms with Gasteiger partial charge < -0.3 is 14.5 Å². The first-order chi connectivity index (χ1) is 9.02. The molecule has 1 unspecified atom stereocenters. The van der Waals surface area contributed by atoms with Crippen molar-refractivity contribution >= 4 is 11.9 Å². The van der Waals surface area contributed by atoms with Crippen molar-refractivity contribution in [2.75, 3.05) is 6.54 Å². The van der Waals surface area contributed by atoms with Gasteiger partial charge in [0.15, 0.2) is 0 Å². The fraction of sp³-hybridized carbons (Fsp3) is 0.615. The molecular formula is C13H18N2O4. The van der Waals surface area contributed by atoms with Gasteiger partial charge in [-0.05, 0) is 26.2 Å². The minimum absolute atomic E-state index is 0.128. The lowest BCUT2D eigenvalue weighted by Gasteiger charge is -2.25. The molecule has 1 aliphatic rings. The molecule has 1 atom stereocenters. The summed E-state index contributed by atoms with van der Waals surface area (Å²) in [6, 6.07) is 1.48. The summed E-state index contributed by atoms with van der Waals surface area (Å²) >= 11 is 0. The summed E-state index contributed by atoms with van der Waals surface area (Å²) in [5.74, 6) is -0.906. The van der Waals surface area contributed by atoms with Crippen molar-refractivity contribution in [3.05, 3.63) is 17.5 Å². The maximum absolute atomic E-state index is 12.3. The second-order valence-electron chi connectivity index (χ2n) is 4.97. The molecule has 1 aromatic rings. The SMILES string of the molecule is CCC(C)N(CC(=O)O)C(=O)c1cc(C2CC2)no1. The molecular weight excluding hydrogens is 248 g/mol. The smallest absolute Gasteiger partial charge is 0.323 e. The Morgan fingerprint density at radius 1 is 1.58 bits per heavy atom. The third-order valence-electron chi connectivity index (χ3n) is 3.42. The zero-order chi connectivity index (χ0) is 14.0. The van der Waals surface area contributed by atoms with Gasteiger partial charge >= 0.3 is 5.97 Å². The van der Waals surface area contributed by atoms with Crippen molar-refractivity contribution in [2.45, 2.75) is 45.1 Å². The van der Waals surface area contributed by atoms with Gasteiger partial charge in [0.05, 0.1) is 5.69 Å². The molecule has 6 nitrogen and oxygen atoms in total. The normalized spacial score (nSPS) is 16.1. The van der Waals surface area contributed by atoms with Crippen molar-refractivity contribution in [1.29, 1.82) is 0 Å². The van der Waals surface area contributed by atoms with Crippen molar-refractivity contribution in [1.82, 2.24) is 10.1 Å². The molecule has 0 spiro atoms. The highest BCUT2D eigenvalue weighted by atomic mass is 16.5. The Labute approximate surface area is 111 Å². The maximum atomic E-state index is 12.3. The Bertz CT molecular complexity index is 479. The minimum atomic E-state index is -1.03. The zero-order valence-electron chi connectivity index (χ0n) is 11.1. The van der Waals surface area contributed by atoms with E-state index in [9.17, 15) is 9.59 Å². The number of carbonyl (C=O) groups excluding carboxylic acids is 1. The fourth-order valence-electron chi connectivity index (χ4n) is 1.90. The standard InChI is InChI=1S/C13H18N2O4/c1-3-8(2)15(7-12(16)17)13(18)11-6-10(14-19-11)9-4-5-9/h6,8-9H,3-5,7H2,1-2H3,(H,16,17). The van der Waals surface area contributed by atoms with E-state index in [-0.39, 0.29) is 18.3 Å². The van der Waals surface area contributed by atoms with E-state index in [4.69, 9.17) is 9.63 Å². The van der Waals surface area contributed by atoms with Crippen LogP contribution in [0.4, 0.5) is 0 Å². The Morgan fingerprint density at radius 3 is 2.79 bits per heavy atom. The molecule has 1 aliphatic carbocycles. The molecule has 19 heavy (non-hydrogen) atoms. The molecule has 0 saturated heterocycles. The molecule has 1 heterocycles. The van der Waals surface area contributed by atoms with Crippen molar-refractivity contribution in [3.63, 3.8) is 0 Å². The number of aliphatic carboxylic acids is 1. The number of hydrogen-bond acceptors (Lipinski definition) is 4. The summed E-state index contributed by atoms with van der Waals surface area (Å²) in [5.41, 5.74) is 0.794. The van der Waals surface area contributed by atoms with Gasteiger partial charge in [-0.1, -0.05) is 12.1 Å². The Morgan fingerprint density at radius 2 is 2.26 bits per heavy atom. The lowest BCUT2D eigenvalue weighted by molar-refractivity contribution is -0.138. The highest BCUT2D eigenvalue weighted by Crippen LogP contribution is 2.39. The van der Waals surface area contributed by atoms with E-state index in [1.165, 1.54) is 4.90 Å². The Balaban J connectivity index is 2.14. The first kappa shape index (κ1) is 13.6. The van der Waals surface area contributed by atoms with Crippen LogP contribution in [0.5, 0.6) is 0 Å². The van der Waals surface area contributed by atoms with Gasteiger partial charge in [0, 0.05) is 18.0 Å². The predicted molar refractivity (Wildman–Crippen MR) is 66.9 cm³/mol. The predicted octanol–water partition coefficient (Wildman–Crippen LogP) is 1.88. The van der Waals surface area contributed by atoms with Crippen LogP contribution in [-0.4, -0.2) is 39.6 Å². The van der Waals surface area contributed by atoms with Gasteiger partial charge in [-0.3, -0.25) is 9.59 Å². The molecule has 6 heteroatoms. The topological polar surface area (TPSA) is 83.6 Å². The number of carboxylic acids is 1. The minimum Gasteiger partial charge on any atom is -0.480 e. The van der Waals surface area contributed by atoms with Crippen molar-refractivity contribution < 1.29 is 19.2 Å². The number of hydrogen-bond donors (Lipinski definition) is 1. The second kappa shape index (κ2) is 5.42. The summed E-state index contributed by atoms with van der Waals surface area (Å²) < 4.78 is 5.05. The first-order valence-electron chi connectivity index (χ1n) is 6.52. The Hall–Kier alpha value is -1.85. The number of aromatic nitrogens is 1. The highest BCUT2D eigenvalue weighted by molar-refractivity contribution is 5.93. The molecule has 2 rings (SSSR count). The van der Waals surface area contributed by atoms with Crippen LogP contribution in [0.25, 0.3) is 0 Å². The van der Waals surface area contributed by atoms with E-state index < -0.39 is 11.9 Å². The molecule has 1 saturated carbocycles. The number of carboxylic acid groups (broad SMARTS) is 1. The lowest BCUT2D eigenvalue weighted by Crippen LogP contribution is -2.41. The van der Waals surface area contributed by atoms with E-state index in [2.05, 4.69) is 5.16 Å². The van der Waals surface area contributed by atoms with Gasteiger partial charge in [-0.25, -0.2) is 0 Å². The zero-order valence-corrected chi connectivity index (χ0v) is 11.1. The highest BCUT2D eigenvalue weighted by Gasteiger charge is 2.30. The second-order valence-corrected chi connectivity index (χ2v) is 4.97. The molecule has 1 aromatic heterocycles. The molecule has 0 radical (unpaired) electrons. The molecule has 1 N–H and O–H groups in total. The number of nitrogens with zero attached hydrogens (tertiary/aromatic N) is 2. The Kier molecular flexibility index (Phi) is 3.87. The molecule has 0 aliphatic heterocycles. The van der Waals surface area contributed by atoms with Crippen LogP contribution in [-0.2, 0) is 4.79 Å². The summed E-state index contributed by atoms with van der Waals surface area (Å²) in [5, 5.41) is 12.8. The van der Waals surface area contributed by atoms with E-state index in [0.29, 0.717) is 12.3 Å². The van der Waals surface area contributed by atoms with Crippen LogP contribution in [0.2, 0.25) is 0 Å². The van der Waals surface area contributed by atoms with E-state index in [1.807, 2.05) is 13.8 Å². The van der Waals surface area contributed by atoms with Crippen LogP contribution < -0.4 is 0 Å². The quantitative estimate of drug-likeness (QED) is 0.849. The molecule has 104 valence electrons. The number of carbonyl (C=O) groups is 2. The number of amides is 1. The molecule has 1 amide bonds. The number of rotatable bonds is 6. The van der Waals surface area contributed by atoms with E-state index >= 15 is 0 Å². The molecule has 0 bridgehead atoms. The fourth-order valence-corrected chi connectivity index (χ4v) is 1.90. The average Bonchev–Trinajstić information content (AvgIpc) is 3.12. The van der Waals surface area contributed by atoms with Gasteiger partial charge in [0.1, 0.15) is 6.54 Å². The van der Waals surface area contributed by atoms with Crippen LogP contribution >= 0.6 is 0 Å². The van der Waals surface area contributed by atoms with E-state index in [1.54, 1.807) is 6.07 Å². The van der Waals surface area contributed by atoms with Crippen LogP contribution in [0.3, 0.4) is 0 Å². The lowest BCUT2D eigenvalue weighted by atomic mass is 10.2. The van der Waals surface area contributed by atoms with Gasteiger partial charge in [0.25, 0.3) is 5.91 Å². The van der Waals surface area contributed by atoms with Crippen LogP contribution in [0.1, 0.15) is 55.3 Å². The first-order valence-corrected chi connectivity index (χ1v) is 6.52. The molecule has 0 aromatic carbocycles. The third-order valence-corrected chi connectivity index (χ3v) is 3.42. The van der Waals surface area contributed by atoms with E-state index in [0.717, 1.165) is 18.5 Å². The van der Waals surface area contributed by atoms with Crippen LogP contribution in [0, 0.1) is 0 Å². The van der Waals surface area contributed by atoms with Gasteiger partial charge in [-0.2, -0.15) is 0 Å². The average molecular weight is 266 g/mol.